The molecule has 1 heteroatoms. The van der Waals surface area contributed by atoms with Crippen molar-refractivity contribution in [2.75, 3.05) is 4.90 Å². The van der Waals surface area contributed by atoms with Gasteiger partial charge < -0.3 is 4.90 Å². The summed E-state index contributed by atoms with van der Waals surface area (Å²) in [5.41, 5.74) is 26.0. The predicted molar refractivity (Wildman–Crippen MR) is 321 cm³/mol. The standard InChI is InChI=1S/C74H65N/c1-11-14-33-64-53(8)61-31-19-21-35-65(61)74(64)67-37-23-22-36-66(67)73(52(7)13-3,63-34-20-18-26-50(63)5)71-62(32-25-38-68(71)74)56-41-45-60(46-42-56)75(59-43-39-55(40-44-59)54-28-16-15-17-29-54)69(49(4)12-2)48-58-47-57-30-24-27-51(6)70(57)72(58,9)10/h11-48H,1,3,7H2,2,4-6,8-10H3/b33-14-,49-12-,69-48+. The Morgan fingerprint density at radius 1 is 0.533 bits per heavy atom. The molecule has 366 valence electrons. The summed E-state index contributed by atoms with van der Waals surface area (Å²) < 4.78 is 0. The molecule has 3 aliphatic rings. The van der Waals surface area contributed by atoms with Gasteiger partial charge in [-0.15, -0.1) is 0 Å². The minimum Gasteiger partial charge on any atom is -0.310 e. The summed E-state index contributed by atoms with van der Waals surface area (Å²) in [5, 5.41) is 0. The van der Waals surface area contributed by atoms with E-state index in [-0.39, 0.29) is 5.41 Å². The fourth-order valence-corrected chi connectivity index (χ4v) is 13.2. The van der Waals surface area contributed by atoms with Crippen molar-refractivity contribution in [2.24, 2.45) is 0 Å². The number of hydrogen-bond acceptors (Lipinski definition) is 1. The van der Waals surface area contributed by atoms with Crippen molar-refractivity contribution < 1.29 is 0 Å². The number of fused-ring (bicyclic) bond motifs is 7. The zero-order valence-corrected chi connectivity index (χ0v) is 44.5. The first-order valence-electron chi connectivity index (χ1n) is 26.4. The monoisotopic (exact) mass is 968 g/mol. The van der Waals surface area contributed by atoms with Gasteiger partial charge in [0, 0.05) is 22.5 Å². The Bertz CT molecular complexity index is 3770. The van der Waals surface area contributed by atoms with E-state index in [1.807, 2.05) is 12.2 Å². The van der Waals surface area contributed by atoms with E-state index in [0.717, 1.165) is 33.8 Å². The van der Waals surface area contributed by atoms with Crippen molar-refractivity contribution in [2.45, 2.75) is 64.7 Å². The first-order chi connectivity index (χ1) is 36.4. The van der Waals surface area contributed by atoms with Crippen molar-refractivity contribution >= 4 is 23.0 Å². The number of hydrogen-bond donors (Lipinski definition) is 0. The van der Waals surface area contributed by atoms with Gasteiger partial charge in [0.05, 0.1) is 10.8 Å². The largest absolute Gasteiger partial charge is 0.310 e. The molecule has 75 heavy (non-hydrogen) atoms. The molecule has 0 aliphatic heterocycles. The van der Waals surface area contributed by atoms with Crippen LogP contribution in [0.1, 0.15) is 95.8 Å². The molecular weight excluding hydrogens is 903 g/mol. The van der Waals surface area contributed by atoms with Gasteiger partial charge in [-0.2, -0.15) is 0 Å². The summed E-state index contributed by atoms with van der Waals surface area (Å²) in [7, 11) is 0. The number of benzene rings is 8. The second kappa shape index (κ2) is 19.1. The topological polar surface area (TPSA) is 3.24 Å². The number of nitrogens with zero attached hydrogens (tertiary/aromatic N) is 1. The maximum absolute atomic E-state index is 4.99. The zero-order chi connectivity index (χ0) is 52.2. The van der Waals surface area contributed by atoms with Crippen molar-refractivity contribution in [3.05, 3.63) is 333 Å². The molecule has 0 saturated heterocycles. The minimum absolute atomic E-state index is 0.191. The first kappa shape index (κ1) is 48.7. The Hall–Kier alpha value is -8.52. The molecule has 1 spiro atoms. The maximum atomic E-state index is 4.99. The normalized spacial score (nSPS) is 18.3. The van der Waals surface area contributed by atoms with Crippen LogP contribution in [0.2, 0.25) is 0 Å². The molecule has 0 amide bonds. The van der Waals surface area contributed by atoms with E-state index in [2.05, 4.69) is 285 Å². The van der Waals surface area contributed by atoms with Gasteiger partial charge in [-0.3, -0.25) is 0 Å². The molecule has 0 N–H and O–H groups in total. The van der Waals surface area contributed by atoms with Gasteiger partial charge >= 0.3 is 0 Å². The molecule has 0 heterocycles. The highest BCUT2D eigenvalue weighted by Crippen LogP contribution is 2.65. The Labute approximate surface area is 446 Å². The molecule has 2 unspecified atom stereocenters. The van der Waals surface area contributed by atoms with E-state index in [9.17, 15) is 0 Å². The molecule has 0 radical (unpaired) electrons. The third-order valence-electron chi connectivity index (χ3n) is 16.8. The van der Waals surface area contributed by atoms with Crippen molar-refractivity contribution in [1.82, 2.24) is 0 Å². The SMILES string of the molecule is C=C/C=C\C1=C(C)c2ccccc2C12c1ccccc1C(C(=C)C=C)(c1ccccc1C)c1c(-c3ccc(N(C(=C/C4=Cc5cccc(C)c5C4(C)C)/C(C)=C\C)c4ccc(-c5ccccc5)cc4)cc3)cccc12. The van der Waals surface area contributed by atoms with E-state index >= 15 is 0 Å². The van der Waals surface area contributed by atoms with Crippen LogP contribution in [0.4, 0.5) is 11.4 Å². The van der Waals surface area contributed by atoms with Crippen LogP contribution in [0.3, 0.4) is 0 Å². The molecule has 1 nitrogen and oxygen atoms in total. The number of allylic oxidation sites excluding steroid dienone is 11. The van der Waals surface area contributed by atoms with Crippen LogP contribution in [-0.2, 0) is 16.2 Å². The van der Waals surface area contributed by atoms with Crippen LogP contribution in [0, 0.1) is 13.8 Å². The lowest BCUT2D eigenvalue weighted by Gasteiger charge is -2.51. The summed E-state index contributed by atoms with van der Waals surface area (Å²) in [6, 6.07) is 69.7. The lowest BCUT2D eigenvalue weighted by molar-refractivity contribution is 0.620. The van der Waals surface area contributed by atoms with Crippen LogP contribution < -0.4 is 4.90 Å². The van der Waals surface area contributed by atoms with Gasteiger partial charge in [0.25, 0.3) is 0 Å². The van der Waals surface area contributed by atoms with Gasteiger partial charge in [-0.05, 0) is 176 Å². The summed E-state index contributed by atoms with van der Waals surface area (Å²) in [5.74, 6) is 0. The first-order valence-corrected chi connectivity index (χ1v) is 26.4. The molecule has 8 aromatic rings. The van der Waals surface area contributed by atoms with E-state index in [1.165, 1.54) is 94.6 Å². The quantitative estimate of drug-likeness (QED) is 0.110. The second-order valence-corrected chi connectivity index (χ2v) is 21.1. The molecule has 11 rings (SSSR count). The van der Waals surface area contributed by atoms with Gasteiger partial charge in [-0.1, -0.05) is 234 Å². The predicted octanol–water partition coefficient (Wildman–Crippen LogP) is 19.3. The third kappa shape index (κ3) is 7.43. The smallest absolute Gasteiger partial charge is 0.0716 e. The molecular formula is C74H65N. The highest BCUT2D eigenvalue weighted by molar-refractivity contribution is 5.93. The third-order valence-corrected chi connectivity index (χ3v) is 16.8. The summed E-state index contributed by atoms with van der Waals surface area (Å²) in [6.07, 6.45) is 15.4. The average Bonchev–Trinajstić information content (AvgIpc) is 3.86. The Morgan fingerprint density at radius 2 is 1.09 bits per heavy atom. The van der Waals surface area contributed by atoms with Crippen LogP contribution in [0.25, 0.3) is 33.9 Å². The summed E-state index contributed by atoms with van der Waals surface area (Å²) >= 11 is 0. The number of rotatable bonds is 12. The molecule has 2 atom stereocenters. The van der Waals surface area contributed by atoms with Crippen LogP contribution >= 0.6 is 0 Å². The molecule has 0 saturated carbocycles. The molecule has 0 bridgehead atoms. The van der Waals surface area contributed by atoms with E-state index in [4.69, 9.17) is 6.58 Å². The lowest BCUT2D eigenvalue weighted by atomic mass is 9.49. The van der Waals surface area contributed by atoms with E-state index in [1.54, 1.807) is 0 Å². The highest BCUT2D eigenvalue weighted by Gasteiger charge is 2.57. The Kier molecular flexibility index (Phi) is 12.4. The molecule has 0 fully saturated rings. The molecule has 3 aliphatic carbocycles. The van der Waals surface area contributed by atoms with Crippen LogP contribution in [-0.4, -0.2) is 0 Å². The Balaban J connectivity index is 1.17. The maximum Gasteiger partial charge on any atom is 0.0716 e. The van der Waals surface area contributed by atoms with Crippen LogP contribution in [0.15, 0.2) is 272 Å². The van der Waals surface area contributed by atoms with E-state index in [0.29, 0.717) is 0 Å². The fraction of sp³-hybridized carbons (Fsp3) is 0.135. The highest BCUT2D eigenvalue weighted by atomic mass is 15.1. The minimum atomic E-state index is -0.804. The van der Waals surface area contributed by atoms with Crippen molar-refractivity contribution in [1.29, 1.82) is 0 Å². The lowest BCUT2D eigenvalue weighted by Crippen LogP contribution is -2.45. The molecule has 8 aromatic carbocycles. The van der Waals surface area contributed by atoms with Gasteiger partial charge in [-0.25, -0.2) is 0 Å². The van der Waals surface area contributed by atoms with Crippen molar-refractivity contribution in [3.8, 4) is 22.3 Å². The van der Waals surface area contributed by atoms with Gasteiger partial charge in [0.2, 0.25) is 0 Å². The average molecular weight is 968 g/mol. The Morgan fingerprint density at radius 3 is 1.75 bits per heavy atom. The zero-order valence-electron chi connectivity index (χ0n) is 44.5. The summed E-state index contributed by atoms with van der Waals surface area (Å²) in [6.45, 7) is 29.6. The molecule has 0 aromatic heterocycles. The van der Waals surface area contributed by atoms with E-state index < -0.39 is 10.8 Å². The van der Waals surface area contributed by atoms with Crippen molar-refractivity contribution in [3.63, 3.8) is 0 Å². The van der Waals surface area contributed by atoms with Gasteiger partial charge in [0.15, 0.2) is 0 Å². The fourth-order valence-electron chi connectivity index (χ4n) is 13.2. The number of anilines is 2. The summed E-state index contributed by atoms with van der Waals surface area (Å²) in [4.78, 5) is 2.45. The van der Waals surface area contributed by atoms with Crippen LogP contribution in [0.5, 0.6) is 0 Å². The number of aryl methyl sites for hydroxylation is 2. The van der Waals surface area contributed by atoms with Gasteiger partial charge in [0.1, 0.15) is 0 Å². The second-order valence-electron chi connectivity index (χ2n) is 21.1.